The lowest BCUT2D eigenvalue weighted by atomic mass is 10.1. The summed E-state index contributed by atoms with van der Waals surface area (Å²) in [5.74, 6) is 0.741. The van der Waals surface area contributed by atoms with Crippen LogP contribution in [0.4, 0.5) is 5.82 Å². The number of hydrogen-bond donors (Lipinski definition) is 0. The van der Waals surface area contributed by atoms with Gasteiger partial charge in [-0.1, -0.05) is 17.7 Å². The fraction of sp³-hybridized carbons (Fsp3) is 0.278. The van der Waals surface area contributed by atoms with E-state index in [1.54, 1.807) is 23.6 Å². The average Bonchev–Trinajstić information content (AvgIpc) is 2.98. The molecule has 3 heterocycles. The molecule has 2 aromatic heterocycles. The van der Waals surface area contributed by atoms with Gasteiger partial charge in [-0.2, -0.15) is 0 Å². The first-order valence-electron chi connectivity index (χ1n) is 8.02. The van der Waals surface area contributed by atoms with Crippen molar-refractivity contribution in [3.8, 4) is 0 Å². The predicted molar refractivity (Wildman–Crippen MR) is 99.7 cm³/mol. The van der Waals surface area contributed by atoms with Crippen LogP contribution in [0.15, 0.2) is 48.0 Å². The summed E-state index contributed by atoms with van der Waals surface area (Å²) in [4.78, 5) is 4.60. The molecule has 6 heteroatoms. The van der Waals surface area contributed by atoms with Gasteiger partial charge in [-0.25, -0.2) is 4.73 Å². The van der Waals surface area contributed by atoms with Crippen LogP contribution in [0.2, 0.25) is 5.02 Å². The monoisotopic (exact) mass is 359 g/mol. The Morgan fingerprint density at radius 1 is 1.12 bits per heavy atom. The molecule has 0 radical (unpaired) electrons. The number of piperazine rings is 1. The second-order valence-electron chi connectivity index (χ2n) is 6.05. The molecule has 1 saturated heterocycles. The van der Waals surface area contributed by atoms with E-state index in [1.807, 2.05) is 18.2 Å². The molecule has 0 bridgehead atoms. The van der Waals surface area contributed by atoms with Gasteiger partial charge >= 0.3 is 0 Å². The van der Waals surface area contributed by atoms with Crippen LogP contribution in [0.5, 0.6) is 0 Å². The van der Waals surface area contributed by atoms with Gasteiger partial charge in [0.25, 0.3) is 5.82 Å². The van der Waals surface area contributed by atoms with Crippen LogP contribution in [0.25, 0.3) is 10.1 Å². The molecule has 1 aliphatic heterocycles. The van der Waals surface area contributed by atoms with Crippen molar-refractivity contribution in [3.05, 3.63) is 63.8 Å². The molecule has 4 rings (SSSR count). The van der Waals surface area contributed by atoms with Gasteiger partial charge in [0.15, 0.2) is 0 Å². The van der Waals surface area contributed by atoms with Crippen molar-refractivity contribution >= 4 is 38.8 Å². The van der Waals surface area contributed by atoms with Crippen molar-refractivity contribution in [1.82, 2.24) is 4.90 Å². The Morgan fingerprint density at radius 2 is 1.96 bits per heavy atom. The van der Waals surface area contributed by atoms with Crippen LogP contribution < -0.4 is 9.63 Å². The van der Waals surface area contributed by atoms with Gasteiger partial charge < -0.3 is 5.21 Å². The number of halogens is 1. The van der Waals surface area contributed by atoms with Crippen molar-refractivity contribution in [2.45, 2.75) is 6.54 Å². The van der Waals surface area contributed by atoms with Crippen LogP contribution in [-0.2, 0) is 6.54 Å². The van der Waals surface area contributed by atoms with Gasteiger partial charge in [0.2, 0.25) is 0 Å². The van der Waals surface area contributed by atoms with Crippen molar-refractivity contribution in [1.29, 1.82) is 0 Å². The van der Waals surface area contributed by atoms with E-state index in [0.717, 1.165) is 48.3 Å². The number of fused-ring (bicyclic) bond motifs is 1. The molecule has 1 aliphatic rings. The molecule has 0 N–H and O–H groups in total. The van der Waals surface area contributed by atoms with E-state index in [1.165, 1.54) is 15.6 Å². The summed E-state index contributed by atoms with van der Waals surface area (Å²) in [5.41, 5.74) is 1.34. The van der Waals surface area contributed by atoms with Crippen LogP contribution in [0.3, 0.4) is 0 Å². The van der Waals surface area contributed by atoms with Crippen molar-refractivity contribution in [2.75, 3.05) is 31.1 Å². The third-order valence-electron chi connectivity index (χ3n) is 4.51. The lowest BCUT2D eigenvalue weighted by molar-refractivity contribution is -0.592. The molecule has 3 aromatic rings. The minimum atomic E-state index is 0.741. The van der Waals surface area contributed by atoms with Crippen molar-refractivity contribution in [3.63, 3.8) is 0 Å². The summed E-state index contributed by atoms with van der Waals surface area (Å²) in [6.45, 7) is 4.57. The van der Waals surface area contributed by atoms with Crippen LogP contribution in [0.1, 0.15) is 5.56 Å². The highest BCUT2D eigenvalue weighted by atomic mass is 35.5. The largest absolute Gasteiger partial charge is 0.711 e. The van der Waals surface area contributed by atoms with E-state index >= 15 is 0 Å². The molecule has 0 spiro atoms. The Kier molecular flexibility index (Phi) is 4.31. The molecule has 0 unspecified atom stereocenters. The maximum atomic E-state index is 11.9. The quantitative estimate of drug-likeness (QED) is 0.530. The van der Waals surface area contributed by atoms with Gasteiger partial charge in [-0.05, 0) is 40.6 Å². The summed E-state index contributed by atoms with van der Waals surface area (Å²) >= 11 is 7.91. The molecule has 124 valence electrons. The number of rotatable bonds is 3. The summed E-state index contributed by atoms with van der Waals surface area (Å²) < 4.78 is 2.23. The Balaban J connectivity index is 1.44. The maximum absolute atomic E-state index is 11.9. The molecular formula is C18H18ClN3OS. The highest BCUT2D eigenvalue weighted by molar-refractivity contribution is 7.17. The number of thiophene rings is 1. The number of aromatic nitrogens is 1. The van der Waals surface area contributed by atoms with Crippen molar-refractivity contribution in [2.24, 2.45) is 0 Å². The average molecular weight is 360 g/mol. The minimum absolute atomic E-state index is 0.741. The minimum Gasteiger partial charge on any atom is -0.711 e. The molecule has 0 atom stereocenters. The molecule has 0 saturated carbocycles. The zero-order valence-electron chi connectivity index (χ0n) is 13.2. The summed E-state index contributed by atoms with van der Waals surface area (Å²) in [5, 5.41) is 16.2. The lowest BCUT2D eigenvalue weighted by Gasteiger charge is -2.32. The van der Waals surface area contributed by atoms with Gasteiger partial charge in [-0.15, -0.1) is 11.3 Å². The number of benzene rings is 1. The molecule has 4 nitrogen and oxygen atoms in total. The zero-order chi connectivity index (χ0) is 16.5. The van der Waals surface area contributed by atoms with Gasteiger partial charge in [-0.3, -0.25) is 9.80 Å². The van der Waals surface area contributed by atoms with Crippen LogP contribution in [-0.4, -0.2) is 31.1 Å². The number of nitrogens with zero attached hydrogens (tertiary/aromatic N) is 3. The topological polar surface area (TPSA) is 33.4 Å². The fourth-order valence-electron chi connectivity index (χ4n) is 3.22. The van der Waals surface area contributed by atoms with Gasteiger partial charge in [0.05, 0.1) is 19.3 Å². The zero-order valence-corrected chi connectivity index (χ0v) is 14.8. The standard InChI is InChI=1S/C18H18ClN3OS/c19-15-4-5-17-16(11-15)14(13-24-17)12-20-7-9-21(10-8-20)18-3-1-2-6-22(18)23/h1-6,11,13H,7-10,12H2. The number of hydrogen-bond acceptors (Lipinski definition) is 4. The molecule has 24 heavy (non-hydrogen) atoms. The first-order valence-corrected chi connectivity index (χ1v) is 9.27. The molecule has 0 amide bonds. The Labute approximate surface area is 150 Å². The smallest absolute Gasteiger partial charge is 0.279 e. The van der Waals surface area contributed by atoms with Gasteiger partial charge in [0.1, 0.15) is 0 Å². The molecular weight excluding hydrogens is 342 g/mol. The highest BCUT2D eigenvalue weighted by Crippen LogP contribution is 2.29. The Morgan fingerprint density at radius 3 is 2.75 bits per heavy atom. The van der Waals surface area contributed by atoms with E-state index in [9.17, 15) is 5.21 Å². The van der Waals surface area contributed by atoms with E-state index in [4.69, 9.17) is 11.6 Å². The summed E-state index contributed by atoms with van der Waals surface area (Å²) in [7, 11) is 0. The summed E-state index contributed by atoms with van der Waals surface area (Å²) in [6.07, 6.45) is 1.56. The SMILES string of the molecule is [O-][n+]1ccccc1N1CCN(Cc2csc3ccc(Cl)cc23)CC1. The van der Waals surface area contributed by atoms with E-state index in [2.05, 4.69) is 27.3 Å². The normalized spacial score (nSPS) is 16.0. The highest BCUT2D eigenvalue weighted by Gasteiger charge is 2.24. The fourth-order valence-corrected chi connectivity index (χ4v) is 4.32. The van der Waals surface area contributed by atoms with Crippen molar-refractivity contribution < 1.29 is 4.73 Å². The van der Waals surface area contributed by atoms with Gasteiger partial charge in [0, 0.05) is 35.4 Å². The first-order chi connectivity index (χ1) is 11.7. The second-order valence-corrected chi connectivity index (χ2v) is 7.40. The van der Waals surface area contributed by atoms with Crippen LogP contribution >= 0.6 is 22.9 Å². The number of anilines is 1. The Bertz CT molecular complexity index is 858. The third-order valence-corrected chi connectivity index (χ3v) is 5.76. The second kappa shape index (κ2) is 6.59. The van der Waals surface area contributed by atoms with Crippen LogP contribution in [0, 0.1) is 5.21 Å². The predicted octanol–water partition coefficient (Wildman–Crippen LogP) is 3.51. The lowest BCUT2D eigenvalue weighted by Crippen LogP contribution is -2.49. The molecule has 1 aromatic carbocycles. The summed E-state index contributed by atoms with van der Waals surface area (Å²) in [6, 6.07) is 11.7. The first kappa shape index (κ1) is 15.7. The third kappa shape index (κ3) is 3.07. The van der Waals surface area contributed by atoms with E-state index in [-0.39, 0.29) is 0 Å². The Hall–Kier alpha value is -1.82. The van der Waals surface area contributed by atoms with E-state index in [0.29, 0.717) is 0 Å². The molecule has 0 aliphatic carbocycles. The molecule has 1 fully saturated rings. The number of pyridine rings is 1. The van der Waals surface area contributed by atoms with E-state index < -0.39 is 0 Å². The maximum Gasteiger partial charge on any atom is 0.279 e.